The van der Waals surface area contributed by atoms with Gasteiger partial charge in [-0.15, -0.1) is 11.3 Å². The van der Waals surface area contributed by atoms with Crippen molar-refractivity contribution in [3.05, 3.63) is 182 Å². The molecule has 0 aliphatic heterocycles. The van der Waals surface area contributed by atoms with Gasteiger partial charge in [0.2, 0.25) is 0 Å². The van der Waals surface area contributed by atoms with Gasteiger partial charge in [-0.3, -0.25) is 0 Å². The van der Waals surface area contributed by atoms with Crippen LogP contribution in [0, 0.1) is 0 Å². The van der Waals surface area contributed by atoms with Crippen molar-refractivity contribution >= 4 is 107 Å². The van der Waals surface area contributed by atoms with Crippen LogP contribution in [0.2, 0.25) is 0 Å². The maximum absolute atomic E-state index is 2.45. The maximum Gasteiger partial charge on any atom is 0.0440 e. The largest absolute Gasteiger partial charge is 0.134 e. The minimum atomic E-state index is 1.26. The third kappa shape index (κ3) is 4.06. The molecule has 0 N–H and O–H groups in total. The number of hydrogen-bond acceptors (Lipinski definition) is 1. The van der Waals surface area contributed by atoms with Crippen LogP contribution in [-0.4, -0.2) is 0 Å². The third-order valence-electron chi connectivity index (χ3n) is 11.6. The molecule has 1 aromatic heterocycles. The lowest BCUT2D eigenvalue weighted by atomic mass is 9.83. The standard InChI is InChI=1S/C52H30S/c1-2-14-34-31(13-1)25-26-32-29-46(37-17-4-6-18-38(37)48(32)34)50-42-22-10-8-20-40(42)49(41-21-9-11-23-43(41)50)33-27-28-45-47(30-33)53-52-44-24-12-5-16-36(44)35-15-3-7-19-39(35)51(45)52/h1-30H. The minimum Gasteiger partial charge on any atom is -0.134 e. The molecule has 0 radical (unpaired) electrons. The Morgan fingerprint density at radius 1 is 0.283 bits per heavy atom. The number of hydrogen-bond donors (Lipinski definition) is 0. The summed E-state index contributed by atoms with van der Waals surface area (Å²) < 4.78 is 2.69. The highest BCUT2D eigenvalue weighted by Gasteiger charge is 2.21. The molecule has 0 fully saturated rings. The Morgan fingerprint density at radius 2 is 0.774 bits per heavy atom. The first-order chi connectivity index (χ1) is 26.3. The summed E-state index contributed by atoms with van der Waals surface area (Å²) in [5.74, 6) is 0. The molecular formula is C52H30S. The molecule has 0 nitrogen and oxygen atoms in total. The van der Waals surface area contributed by atoms with Gasteiger partial charge in [-0.2, -0.15) is 0 Å². The van der Waals surface area contributed by atoms with Crippen molar-refractivity contribution in [2.45, 2.75) is 0 Å². The zero-order valence-corrected chi connectivity index (χ0v) is 29.5. The molecule has 0 bridgehead atoms. The average Bonchev–Trinajstić information content (AvgIpc) is 3.62. The Kier molecular flexibility index (Phi) is 6.03. The Hall–Kier alpha value is -6.54. The molecule has 12 rings (SSSR count). The van der Waals surface area contributed by atoms with Crippen LogP contribution in [0.15, 0.2) is 182 Å². The molecule has 0 atom stereocenters. The highest BCUT2D eigenvalue weighted by molar-refractivity contribution is 7.27. The minimum absolute atomic E-state index is 1.26. The van der Waals surface area contributed by atoms with Crippen LogP contribution in [0.5, 0.6) is 0 Å². The van der Waals surface area contributed by atoms with Crippen LogP contribution < -0.4 is 0 Å². The molecule has 12 aromatic rings. The molecule has 1 heteroatoms. The lowest BCUT2D eigenvalue weighted by Gasteiger charge is -2.20. The third-order valence-corrected chi connectivity index (χ3v) is 12.8. The van der Waals surface area contributed by atoms with Gasteiger partial charge in [-0.05, 0) is 104 Å². The molecule has 53 heavy (non-hydrogen) atoms. The van der Waals surface area contributed by atoms with E-state index in [4.69, 9.17) is 0 Å². The van der Waals surface area contributed by atoms with Crippen molar-refractivity contribution in [1.82, 2.24) is 0 Å². The van der Waals surface area contributed by atoms with Crippen LogP contribution in [0.3, 0.4) is 0 Å². The van der Waals surface area contributed by atoms with Crippen molar-refractivity contribution in [1.29, 1.82) is 0 Å². The first-order valence-electron chi connectivity index (χ1n) is 18.3. The first kappa shape index (κ1) is 29.1. The fourth-order valence-electron chi connectivity index (χ4n) is 9.38. The van der Waals surface area contributed by atoms with Crippen LogP contribution in [0.25, 0.3) is 118 Å². The predicted octanol–water partition coefficient (Wildman–Crippen LogP) is 15.5. The fourth-order valence-corrected chi connectivity index (χ4v) is 10.7. The Bertz CT molecular complexity index is 3450. The van der Waals surface area contributed by atoms with Crippen LogP contribution >= 0.6 is 11.3 Å². The number of rotatable bonds is 2. The summed E-state index contributed by atoms with van der Waals surface area (Å²) in [5, 5.41) is 20.9. The maximum atomic E-state index is 2.45. The van der Waals surface area contributed by atoms with Gasteiger partial charge in [0.1, 0.15) is 0 Å². The second kappa shape index (κ2) is 11.0. The summed E-state index contributed by atoms with van der Waals surface area (Å²) in [4.78, 5) is 0. The van der Waals surface area contributed by atoms with E-state index in [1.54, 1.807) is 0 Å². The average molecular weight is 687 g/mol. The quantitative estimate of drug-likeness (QED) is 0.125. The van der Waals surface area contributed by atoms with Gasteiger partial charge in [0.05, 0.1) is 0 Å². The number of fused-ring (bicyclic) bond motifs is 15. The molecule has 0 spiro atoms. The van der Waals surface area contributed by atoms with Gasteiger partial charge in [0.15, 0.2) is 0 Å². The fraction of sp³-hybridized carbons (Fsp3) is 0. The van der Waals surface area contributed by atoms with Crippen molar-refractivity contribution in [3.63, 3.8) is 0 Å². The van der Waals surface area contributed by atoms with Crippen LogP contribution in [0.4, 0.5) is 0 Å². The van der Waals surface area contributed by atoms with Gasteiger partial charge < -0.3 is 0 Å². The molecule has 11 aromatic carbocycles. The molecule has 0 aliphatic carbocycles. The topological polar surface area (TPSA) is 0 Å². The van der Waals surface area contributed by atoms with Crippen molar-refractivity contribution < 1.29 is 0 Å². The highest BCUT2D eigenvalue weighted by Crippen LogP contribution is 2.49. The van der Waals surface area contributed by atoms with Gasteiger partial charge in [-0.25, -0.2) is 0 Å². The number of benzene rings is 11. The van der Waals surface area contributed by atoms with E-state index in [2.05, 4.69) is 182 Å². The van der Waals surface area contributed by atoms with Crippen LogP contribution in [-0.2, 0) is 0 Å². The molecule has 0 amide bonds. The summed E-state index contributed by atoms with van der Waals surface area (Å²) >= 11 is 1.93. The molecule has 244 valence electrons. The van der Waals surface area contributed by atoms with E-state index in [1.165, 1.54) is 118 Å². The second-order valence-corrected chi connectivity index (χ2v) is 15.4. The zero-order valence-electron chi connectivity index (χ0n) is 28.7. The molecular weight excluding hydrogens is 657 g/mol. The molecule has 0 saturated heterocycles. The van der Waals surface area contributed by atoms with Crippen molar-refractivity contribution in [2.24, 2.45) is 0 Å². The Balaban J connectivity index is 1.17. The van der Waals surface area contributed by atoms with E-state index < -0.39 is 0 Å². The summed E-state index contributed by atoms with van der Waals surface area (Å²) in [6, 6.07) is 67.9. The van der Waals surface area contributed by atoms with E-state index in [0.29, 0.717) is 0 Å². The summed E-state index contributed by atoms with van der Waals surface area (Å²) in [6.07, 6.45) is 0. The first-order valence-corrected chi connectivity index (χ1v) is 19.2. The van der Waals surface area contributed by atoms with Crippen LogP contribution in [0.1, 0.15) is 0 Å². The Morgan fingerprint density at radius 3 is 1.45 bits per heavy atom. The van der Waals surface area contributed by atoms with Gasteiger partial charge in [-0.1, -0.05) is 170 Å². The normalized spacial score (nSPS) is 12.2. The van der Waals surface area contributed by atoms with Gasteiger partial charge in [0.25, 0.3) is 0 Å². The molecule has 0 saturated carbocycles. The molecule has 1 heterocycles. The van der Waals surface area contributed by atoms with Gasteiger partial charge in [0, 0.05) is 25.6 Å². The van der Waals surface area contributed by atoms with Crippen molar-refractivity contribution in [2.75, 3.05) is 0 Å². The summed E-state index contributed by atoms with van der Waals surface area (Å²) in [7, 11) is 0. The smallest absolute Gasteiger partial charge is 0.0440 e. The molecule has 0 aliphatic rings. The summed E-state index contributed by atoms with van der Waals surface area (Å²) in [6.45, 7) is 0. The number of thiophene rings is 1. The lowest BCUT2D eigenvalue weighted by Crippen LogP contribution is -1.92. The Labute approximate surface area is 309 Å². The zero-order chi connectivity index (χ0) is 34.6. The highest BCUT2D eigenvalue weighted by atomic mass is 32.1. The SMILES string of the molecule is c1ccc2c(c1)ccc1cc(-c3c4ccccc4c(-c4ccc5c(c4)sc4c6ccccc6c6ccccc6c54)c4ccccc34)c3ccccc3c12. The monoisotopic (exact) mass is 686 g/mol. The summed E-state index contributed by atoms with van der Waals surface area (Å²) in [5.41, 5.74) is 5.13. The van der Waals surface area contributed by atoms with E-state index in [1.807, 2.05) is 11.3 Å². The molecule has 0 unspecified atom stereocenters. The predicted molar refractivity (Wildman–Crippen MR) is 233 cm³/mol. The van der Waals surface area contributed by atoms with Crippen molar-refractivity contribution in [3.8, 4) is 22.3 Å². The van der Waals surface area contributed by atoms with E-state index in [-0.39, 0.29) is 0 Å². The van der Waals surface area contributed by atoms with Gasteiger partial charge >= 0.3 is 0 Å². The van der Waals surface area contributed by atoms with E-state index in [0.717, 1.165) is 0 Å². The van der Waals surface area contributed by atoms with E-state index in [9.17, 15) is 0 Å². The van der Waals surface area contributed by atoms with E-state index >= 15 is 0 Å². The second-order valence-electron chi connectivity index (χ2n) is 14.3. The lowest BCUT2D eigenvalue weighted by molar-refractivity contribution is 1.70.